The molecule has 1 aliphatic carbocycles. The van der Waals surface area contributed by atoms with Gasteiger partial charge in [0, 0.05) is 6.42 Å². The molecular weight excluding hydrogens is 178 g/mol. The first-order valence-corrected chi connectivity index (χ1v) is 4.07. The van der Waals surface area contributed by atoms with Crippen LogP contribution in [0.1, 0.15) is 6.42 Å². The molecular formula is C8H6ClNO2. The lowest BCUT2D eigenvalue weighted by Crippen LogP contribution is -2.41. The number of hydrogen-bond acceptors (Lipinski definition) is 3. The molecule has 3 nitrogen and oxygen atoms in total. The molecule has 1 saturated heterocycles. The van der Waals surface area contributed by atoms with E-state index in [1.165, 1.54) is 0 Å². The summed E-state index contributed by atoms with van der Waals surface area (Å²) in [6.07, 6.45) is 1.81. The fourth-order valence-corrected chi connectivity index (χ4v) is 1.84. The first-order valence-electron chi connectivity index (χ1n) is 3.69. The third-order valence-electron chi connectivity index (χ3n) is 2.24. The van der Waals surface area contributed by atoms with Crippen molar-refractivity contribution in [2.75, 3.05) is 0 Å². The Labute approximate surface area is 74.6 Å². The summed E-state index contributed by atoms with van der Waals surface area (Å²) in [7, 11) is 0. The van der Waals surface area contributed by atoms with Crippen LogP contribution in [0.2, 0.25) is 0 Å². The summed E-state index contributed by atoms with van der Waals surface area (Å²) in [6.45, 7) is 0. The van der Waals surface area contributed by atoms with Crippen LogP contribution in [-0.4, -0.2) is 12.1 Å². The summed E-state index contributed by atoms with van der Waals surface area (Å²) in [4.78, 5) is 11.1. The average Bonchev–Trinajstić information content (AvgIpc) is 2.06. The second-order valence-electron chi connectivity index (χ2n) is 2.97. The van der Waals surface area contributed by atoms with Gasteiger partial charge in [-0.05, 0) is 0 Å². The number of ether oxygens (including phenoxy) is 1. The van der Waals surface area contributed by atoms with Crippen LogP contribution < -0.4 is 0 Å². The Morgan fingerprint density at radius 3 is 3.08 bits per heavy atom. The van der Waals surface area contributed by atoms with Crippen molar-refractivity contribution in [3.63, 3.8) is 0 Å². The molecule has 0 saturated carbocycles. The summed E-state index contributed by atoms with van der Waals surface area (Å²) in [6, 6.07) is 2.08. The van der Waals surface area contributed by atoms with Gasteiger partial charge < -0.3 is 4.74 Å². The highest BCUT2D eigenvalue weighted by atomic mass is 35.5. The molecule has 62 valence electrons. The Hall–Kier alpha value is -1.01. The summed E-state index contributed by atoms with van der Waals surface area (Å²) >= 11 is 5.78. The molecule has 0 unspecified atom stereocenters. The Kier molecular flexibility index (Phi) is 1.59. The molecule has 2 bridgehead atoms. The first-order chi connectivity index (χ1) is 5.72. The van der Waals surface area contributed by atoms with Crippen molar-refractivity contribution in [1.82, 2.24) is 0 Å². The third-order valence-corrected chi connectivity index (χ3v) is 2.61. The molecule has 3 aliphatic rings. The van der Waals surface area contributed by atoms with Crippen LogP contribution in [0.15, 0.2) is 11.1 Å². The van der Waals surface area contributed by atoms with E-state index < -0.39 is 5.92 Å². The zero-order valence-electron chi connectivity index (χ0n) is 6.16. The summed E-state index contributed by atoms with van der Waals surface area (Å²) in [5.74, 6) is -1.01. The van der Waals surface area contributed by atoms with E-state index in [2.05, 4.69) is 6.07 Å². The number of hydrogen-bond donors (Lipinski definition) is 0. The zero-order chi connectivity index (χ0) is 8.72. The highest BCUT2D eigenvalue weighted by molar-refractivity contribution is 6.30. The minimum absolute atomic E-state index is 0.251. The second-order valence-corrected chi connectivity index (χ2v) is 3.41. The quantitative estimate of drug-likeness (QED) is 0.530. The molecule has 0 amide bonds. The molecule has 0 radical (unpaired) electrons. The van der Waals surface area contributed by atoms with Gasteiger partial charge in [-0.3, -0.25) is 4.79 Å². The minimum Gasteiger partial charge on any atom is -0.456 e. The van der Waals surface area contributed by atoms with E-state index in [9.17, 15) is 4.79 Å². The Bertz CT molecular complexity index is 305. The summed E-state index contributed by atoms with van der Waals surface area (Å²) < 4.78 is 4.94. The number of halogens is 1. The van der Waals surface area contributed by atoms with Crippen LogP contribution in [0.25, 0.3) is 0 Å². The van der Waals surface area contributed by atoms with E-state index in [0.29, 0.717) is 11.5 Å². The summed E-state index contributed by atoms with van der Waals surface area (Å²) in [5, 5.41) is 9.25. The summed E-state index contributed by atoms with van der Waals surface area (Å²) in [5.41, 5.74) is 0. The van der Waals surface area contributed by atoms with Crippen molar-refractivity contribution in [2.45, 2.75) is 12.5 Å². The molecule has 0 N–H and O–H groups in total. The Balaban J connectivity index is 2.36. The molecule has 2 aliphatic heterocycles. The number of rotatable bonds is 0. The van der Waals surface area contributed by atoms with Gasteiger partial charge in [0.25, 0.3) is 0 Å². The van der Waals surface area contributed by atoms with Crippen molar-refractivity contribution in [3.8, 4) is 6.07 Å². The standard InChI is InChI=1S/C8H6ClNO2/c9-6-2-5-4(3-10)1-7(6)12-8(5)11/h2,4-5,7H,1H2/t4-,5+,7+/m1/s1. The Morgan fingerprint density at radius 2 is 2.50 bits per heavy atom. The van der Waals surface area contributed by atoms with Crippen LogP contribution in [0.5, 0.6) is 0 Å². The number of fused-ring (bicyclic) bond motifs is 2. The predicted octanol–water partition coefficient (Wildman–Crippen LogP) is 1.19. The van der Waals surface area contributed by atoms with Crippen molar-refractivity contribution >= 4 is 17.6 Å². The van der Waals surface area contributed by atoms with E-state index in [-0.39, 0.29) is 18.0 Å². The third kappa shape index (κ3) is 0.919. The van der Waals surface area contributed by atoms with E-state index in [1.807, 2.05) is 0 Å². The predicted molar refractivity (Wildman–Crippen MR) is 41.0 cm³/mol. The molecule has 4 heteroatoms. The minimum atomic E-state index is -0.438. The number of esters is 1. The number of nitriles is 1. The number of nitrogens with zero attached hydrogens (tertiary/aromatic N) is 1. The molecule has 0 aromatic heterocycles. The largest absolute Gasteiger partial charge is 0.456 e. The lowest BCUT2D eigenvalue weighted by Gasteiger charge is -2.34. The van der Waals surface area contributed by atoms with Crippen LogP contribution in [0.3, 0.4) is 0 Å². The van der Waals surface area contributed by atoms with Gasteiger partial charge in [-0.15, -0.1) is 0 Å². The highest BCUT2D eigenvalue weighted by Crippen LogP contribution is 2.38. The van der Waals surface area contributed by atoms with E-state index >= 15 is 0 Å². The van der Waals surface area contributed by atoms with E-state index in [1.54, 1.807) is 6.08 Å². The van der Waals surface area contributed by atoms with Crippen molar-refractivity contribution in [1.29, 1.82) is 5.26 Å². The van der Waals surface area contributed by atoms with Gasteiger partial charge in [0.05, 0.1) is 22.9 Å². The number of carbonyl (C=O) groups excluding carboxylic acids is 1. The normalized spacial score (nSPS) is 38.5. The highest BCUT2D eigenvalue weighted by Gasteiger charge is 2.43. The SMILES string of the molecule is N#C[C@H]1C[C@@H]2OC(=O)[C@H]1C=C2Cl. The molecule has 1 fully saturated rings. The lowest BCUT2D eigenvalue weighted by atomic mass is 9.81. The molecule has 3 atom stereocenters. The zero-order valence-corrected chi connectivity index (χ0v) is 6.91. The van der Waals surface area contributed by atoms with Gasteiger partial charge in [-0.25, -0.2) is 0 Å². The molecule has 0 aromatic rings. The maximum Gasteiger partial charge on any atom is 0.314 e. The van der Waals surface area contributed by atoms with Crippen LogP contribution >= 0.6 is 11.6 Å². The van der Waals surface area contributed by atoms with Crippen LogP contribution in [0, 0.1) is 23.2 Å². The molecule has 0 spiro atoms. The van der Waals surface area contributed by atoms with Gasteiger partial charge in [-0.2, -0.15) is 5.26 Å². The molecule has 3 rings (SSSR count). The van der Waals surface area contributed by atoms with Gasteiger partial charge >= 0.3 is 5.97 Å². The fourth-order valence-electron chi connectivity index (χ4n) is 1.57. The van der Waals surface area contributed by atoms with Gasteiger partial charge in [-0.1, -0.05) is 17.7 Å². The van der Waals surface area contributed by atoms with Crippen molar-refractivity contribution in [3.05, 3.63) is 11.1 Å². The molecule has 0 aromatic carbocycles. The molecule has 12 heavy (non-hydrogen) atoms. The number of carbonyl (C=O) groups is 1. The average molecular weight is 184 g/mol. The van der Waals surface area contributed by atoms with Crippen LogP contribution in [0.4, 0.5) is 0 Å². The van der Waals surface area contributed by atoms with Gasteiger partial charge in [0.1, 0.15) is 6.10 Å². The fraction of sp³-hybridized carbons (Fsp3) is 0.500. The second kappa shape index (κ2) is 2.49. The smallest absolute Gasteiger partial charge is 0.314 e. The first kappa shape index (κ1) is 7.63. The maximum absolute atomic E-state index is 11.1. The van der Waals surface area contributed by atoms with Crippen molar-refractivity contribution in [2.24, 2.45) is 11.8 Å². The molecule has 2 heterocycles. The van der Waals surface area contributed by atoms with Gasteiger partial charge in [0.15, 0.2) is 0 Å². The van der Waals surface area contributed by atoms with E-state index in [0.717, 1.165) is 0 Å². The van der Waals surface area contributed by atoms with Crippen molar-refractivity contribution < 1.29 is 9.53 Å². The van der Waals surface area contributed by atoms with E-state index in [4.69, 9.17) is 21.6 Å². The lowest BCUT2D eigenvalue weighted by molar-refractivity contribution is -0.159. The maximum atomic E-state index is 11.1. The monoisotopic (exact) mass is 183 g/mol. The topological polar surface area (TPSA) is 50.1 Å². The van der Waals surface area contributed by atoms with Gasteiger partial charge in [0.2, 0.25) is 0 Å². The van der Waals surface area contributed by atoms with Crippen LogP contribution in [-0.2, 0) is 9.53 Å². The Morgan fingerprint density at radius 1 is 1.75 bits per heavy atom.